The van der Waals surface area contributed by atoms with E-state index in [9.17, 15) is 18.5 Å². The minimum absolute atomic E-state index is 0.0907. The van der Waals surface area contributed by atoms with Crippen molar-refractivity contribution in [2.24, 2.45) is 0 Å². The molecule has 0 radical (unpaired) electrons. The maximum Gasteiger partial charge on any atom is 0.273 e. The lowest BCUT2D eigenvalue weighted by Crippen LogP contribution is -2.35. The molecule has 2 aromatic carbocycles. The molecule has 0 unspecified atom stereocenters. The maximum atomic E-state index is 12.6. The second-order valence-corrected chi connectivity index (χ2v) is 8.54. The monoisotopic (exact) mass is 389 g/mol. The Balaban J connectivity index is 1.61. The molecule has 0 aromatic heterocycles. The lowest BCUT2D eigenvalue weighted by Gasteiger charge is -2.25. The van der Waals surface area contributed by atoms with Crippen LogP contribution in [0.3, 0.4) is 0 Å². The first-order valence-corrected chi connectivity index (χ1v) is 10.4. The average molecular weight is 389 g/mol. The Hall–Kier alpha value is -2.29. The van der Waals surface area contributed by atoms with E-state index in [0.717, 1.165) is 24.8 Å². The molecule has 2 aromatic rings. The van der Waals surface area contributed by atoms with E-state index >= 15 is 0 Å². The summed E-state index contributed by atoms with van der Waals surface area (Å²) in [6, 6.07) is 13.4. The molecule has 0 atom stereocenters. The van der Waals surface area contributed by atoms with E-state index < -0.39 is 14.9 Å². The van der Waals surface area contributed by atoms with Gasteiger partial charge in [-0.1, -0.05) is 36.8 Å². The van der Waals surface area contributed by atoms with Crippen molar-refractivity contribution in [1.29, 1.82) is 0 Å². The van der Waals surface area contributed by atoms with Crippen molar-refractivity contribution >= 4 is 15.7 Å². The van der Waals surface area contributed by atoms with Crippen molar-refractivity contribution in [2.75, 3.05) is 13.1 Å². The first kappa shape index (κ1) is 19.5. The molecule has 0 amide bonds. The number of benzene rings is 2. The van der Waals surface area contributed by atoms with Crippen molar-refractivity contribution in [3.05, 3.63) is 69.8 Å². The van der Waals surface area contributed by atoms with Gasteiger partial charge in [-0.3, -0.25) is 10.1 Å². The van der Waals surface area contributed by atoms with Crippen LogP contribution in [0.15, 0.2) is 53.4 Å². The Morgan fingerprint density at radius 3 is 2.30 bits per heavy atom. The molecule has 1 aliphatic rings. The van der Waals surface area contributed by atoms with Gasteiger partial charge >= 0.3 is 0 Å². The Bertz CT molecular complexity index is 891. The number of nitrogens with one attached hydrogen (secondary N) is 1. The molecule has 0 bridgehead atoms. The highest BCUT2D eigenvalue weighted by molar-refractivity contribution is 7.89. The summed E-state index contributed by atoms with van der Waals surface area (Å²) in [6.45, 7) is 2.03. The van der Waals surface area contributed by atoms with Crippen LogP contribution in [0.5, 0.6) is 0 Å². The fraction of sp³-hybridized carbons (Fsp3) is 0.368. The van der Waals surface area contributed by atoms with Crippen LogP contribution in [0, 0.1) is 10.1 Å². The normalized spacial score (nSPS) is 15.6. The number of nitro groups is 1. The van der Waals surface area contributed by atoms with Crippen LogP contribution in [-0.4, -0.2) is 30.7 Å². The van der Waals surface area contributed by atoms with E-state index in [-0.39, 0.29) is 5.69 Å². The predicted molar refractivity (Wildman–Crippen MR) is 103 cm³/mol. The summed E-state index contributed by atoms with van der Waals surface area (Å²) < 4.78 is 26.8. The third-order valence-corrected chi connectivity index (χ3v) is 6.62. The van der Waals surface area contributed by atoms with E-state index in [1.54, 1.807) is 46.8 Å². The Kier molecular flexibility index (Phi) is 6.20. The van der Waals surface area contributed by atoms with Gasteiger partial charge in [-0.05, 0) is 30.5 Å². The molecule has 3 rings (SSSR count). The van der Waals surface area contributed by atoms with Gasteiger partial charge < -0.3 is 5.32 Å². The van der Waals surface area contributed by atoms with Crippen molar-refractivity contribution in [2.45, 2.75) is 37.2 Å². The molecule has 144 valence electrons. The van der Waals surface area contributed by atoms with Crippen LogP contribution >= 0.6 is 0 Å². The van der Waals surface area contributed by atoms with Crippen LogP contribution in [0.2, 0.25) is 0 Å². The predicted octanol–water partition coefficient (Wildman–Crippen LogP) is 3.06. The number of nitrogens with zero attached hydrogens (tertiary/aromatic N) is 2. The van der Waals surface area contributed by atoms with Gasteiger partial charge in [0, 0.05) is 37.8 Å². The number of hydrogen-bond acceptors (Lipinski definition) is 5. The van der Waals surface area contributed by atoms with Gasteiger partial charge in [0.15, 0.2) is 0 Å². The second kappa shape index (κ2) is 8.60. The molecule has 27 heavy (non-hydrogen) atoms. The molecule has 1 saturated heterocycles. The summed E-state index contributed by atoms with van der Waals surface area (Å²) >= 11 is 0. The van der Waals surface area contributed by atoms with Gasteiger partial charge in [-0.15, -0.1) is 0 Å². The molecule has 7 nitrogen and oxygen atoms in total. The Morgan fingerprint density at radius 1 is 0.963 bits per heavy atom. The maximum absolute atomic E-state index is 12.6. The van der Waals surface area contributed by atoms with Gasteiger partial charge in [0.2, 0.25) is 10.0 Å². The van der Waals surface area contributed by atoms with E-state index in [4.69, 9.17) is 0 Å². The number of sulfonamides is 1. The Labute approximate surface area is 159 Å². The van der Waals surface area contributed by atoms with E-state index in [0.29, 0.717) is 36.6 Å². The highest BCUT2D eigenvalue weighted by atomic mass is 32.2. The van der Waals surface area contributed by atoms with Crippen LogP contribution in [0.1, 0.15) is 30.4 Å². The average Bonchev–Trinajstić information content (AvgIpc) is 2.69. The molecule has 1 aliphatic heterocycles. The SMILES string of the molecule is O=[N+]([O-])c1ccccc1CNCc1ccc(S(=O)(=O)N2CCCCC2)cc1. The number of hydrogen-bond donors (Lipinski definition) is 1. The number of nitro benzene ring substituents is 1. The number of piperidine rings is 1. The molecule has 1 heterocycles. The number of para-hydroxylation sites is 1. The highest BCUT2D eigenvalue weighted by Gasteiger charge is 2.25. The largest absolute Gasteiger partial charge is 0.308 e. The fourth-order valence-electron chi connectivity index (χ4n) is 3.21. The molecule has 0 spiro atoms. The lowest BCUT2D eigenvalue weighted by molar-refractivity contribution is -0.385. The quantitative estimate of drug-likeness (QED) is 0.580. The van der Waals surface area contributed by atoms with E-state index in [2.05, 4.69) is 5.32 Å². The molecular weight excluding hydrogens is 366 g/mol. The fourth-order valence-corrected chi connectivity index (χ4v) is 4.73. The summed E-state index contributed by atoms with van der Waals surface area (Å²) in [4.78, 5) is 11.0. The first-order valence-electron chi connectivity index (χ1n) is 9.00. The molecule has 1 N–H and O–H groups in total. The molecule has 8 heteroatoms. The van der Waals surface area contributed by atoms with Gasteiger partial charge in [-0.25, -0.2) is 8.42 Å². The van der Waals surface area contributed by atoms with Gasteiger partial charge in [0.1, 0.15) is 0 Å². The zero-order valence-corrected chi connectivity index (χ0v) is 15.8. The van der Waals surface area contributed by atoms with Crippen molar-refractivity contribution < 1.29 is 13.3 Å². The van der Waals surface area contributed by atoms with Crippen molar-refractivity contribution in [1.82, 2.24) is 9.62 Å². The second-order valence-electron chi connectivity index (χ2n) is 6.60. The summed E-state index contributed by atoms with van der Waals surface area (Å²) in [5.41, 5.74) is 1.63. The summed E-state index contributed by atoms with van der Waals surface area (Å²) in [5, 5.41) is 14.2. The smallest absolute Gasteiger partial charge is 0.273 e. The van der Waals surface area contributed by atoms with Crippen LogP contribution in [0.25, 0.3) is 0 Å². The molecule has 0 aliphatic carbocycles. The number of rotatable bonds is 7. The van der Waals surface area contributed by atoms with Crippen LogP contribution in [-0.2, 0) is 23.1 Å². The highest BCUT2D eigenvalue weighted by Crippen LogP contribution is 2.21. The summed E-state index contributed by atoms with van der Waals surface area (Å²) in [7, 11) is -3.42. The Morgan fingerprint density at radius 2 is 1.63 bits per heavy atom. The van der Waals surface area contributed by atoms with Crippen LogP contribution < -0.4 is 5.32 Å². The minimum Gasteiger partial charge on any atom is -0.308 e. The van der Waals surface area contributed by atoms with E-state index in [1.165, 1.54) is 6.07 Å². The van der Waals surface area contributed by atoms with Crippen molar-refractivity contribution in [3.63, 3.8) is 0 Å². The first-order chi connectivity index (χ1) is 13.0. The topological polar surface area (TPSA) is 92.5 Å². The van der Waals surface area contributed by atoms with E-state index in [1.807, 2.05) is 0 Å². The third kappa shape index (κ3) is 4.71. The van der Waals surface area contributed by atoms with Gasteiger partial charge in [-0.2, -0.15) is 4.31 Å². The minimum atomic E-state index is -3.42. The lowest BCUT2D eigenvalue weighted by atomic mass is 10.1. The third-order valence-electron chi connectivity index (χ3n) is 4.71. The molecular formula is C19H23N3O4S. The van der Waals surface area contributed by atoms with Gasteiger partial charge in [0.25, 0.3) is 5.69 Å². The van der Waals surface area contributed by atoms with Crippen LogP contribution in [0.4, 0.5) is 5.69 Å². The zero-order chi connectivity index (χ0) is 19.3. The standard InChI is InChI=1S/C19H23N3O4S/c23-22(24)19-7-3-2-6-17(19)15-20-14-16-8-10-18(11-9-16)27(25,26)21-12-4-1-5-13-21/h2-3,6-11,20H,1,4-5,12-15H2. The summed E-state index contributed by atoms with van der Waals surface area (Å²) in [6.07, 6.45) is 2.90. The summed E-state index contributed by atoms with van der Waals surface area (Å²) in [5.74, 6) is 0. The molecule has 1 fully saturated rings. The molecule has 0 saturated carbocycles. The van der Waals surface area contributed by atoms with Crippen molar-refractivity contribution in [3.8, 4) is 0 Å². The van der Waals surface area contributed by atoms with Gasteiger partial charge in [0.05, 0.1) is 9.82 Å². The zero-order valence-electron chi connectivity index (χ0n) is 15.0.